The van der Waals surface area contributed by atoms with Crippen LogP contribution in [-0.4, -0.2) is 26.1 Å². The number of amides is 1. The SMILES string of the molecule is CC(C)(C)c1ccc(NC(=O)Cn2nnc(-c3cccc(C(F)(F)F)c3)n2)cc1. The van der Waals surface area contributed by atoms with E-state index in [2.05, 4.69) is 41.5 Å². The van der Waals surface area contributed by atoms with E-state index in [9.17, 15) is 18.0 Å². The van der Waals surface area contributed by atoms with E-state index in [1.165, 1.54) is 12.1 Å². The summed E-state index contributed by atoms with van der Waals surface area (Å²) in [6.07, 6.45) is -4.46. The average Bonchev–Trinajstić information content (AvgIpc) is 3.09. The van der Waals surface area contributed by atoms with Crippen molar-refractivity contribution < 1.29 is 18.0 Å². The first-order valence-electron chi connectivity index (χ1n) is 8.88. The summed E-state index contributed by atoms with van der Waals surface area (Å²) >= 11 is 0. The Balaban J connectivity index is 1.66. The smallest absolute Gasteiger partial charge is 0.324 e. The molecule has 0 saturated carbocycles. The fourth-order valence-electron chi connectivity index (χ4n) is 2.64. The standard InChI is InChI=1S/C20H20F3N5O/c1-19(2,3)14-7-9-16(10-8-14)24-17(29)12-28-26-18(25-27-28)13-5-4-6-15(11-13)20(21,22)23/h4-11H,12H2,1-3H3,(H,24,29). The molecule has 0 unspecified atom stereocenters. The molecule has 0 saturated heterocycles. The van der Waals surface area contributed by atoms with E-state index < -0.39 is 11.7 Å². The topological polar surface area (TPSA) is 72.7 Å². The number of carbonyl (C=O) groups excluding carboxylic acids is 1. The number of benzene rings is 2. The number of nitrogens with zero attached hydrogens (tertiary/aromatic N) is 4. The van der Waals surface area contributed by atoms with Crippen molar-refractivity contribution in [2.24, 2.45) is 0 Å². The molecular formula is C20H20F3N5O. The van der Waals surface area contributed by atoms with Crippen LogP contribution in [0.25, 0.3) is 11.4 Å². The van der Waals surface area contributed by atoms with E-state index in [-0.39, 0.29) is 29.3 Å². The summed E-state index contributed by atoms with van der Waals surface area (Å²) in [6, 6.07) is 12.1. The summed E-state index contributed by atoms with van der Waals surface area (Å²) in [5.41, 5.74) is 1.14. The fraction of sp³-hybridized carbons (Fsp3) is 0.300. The van der Waals surface area contributed by atoms with Crippen molar-refractivity contribution in [2.45, 2.75) is 38.9 Å². The molecule has 1 aromatic heterocycles. The molecule has 29 heavy (non-hydrogen) atoms. The number of aromatic nitrogens is 4. The number of rotatable bonds is 4. The van der Waals surface area contributed by atoms with Gasteiger partial charge in [-0.25, -0.2) is 0 Å². The molecule has 0 aliphatic rings. The van der Waals surface area contributed by atoms with Crippen LogP contribution in [0.15, 0.2) is 48.5 Å². The van der Waals surface area contributed by atoms with Gasteiger partial charge in [0.05, 0.1) is 5.56 Å². The minimum absolute atomic E-state index is 0.00695. The van der Waals surface area contributed by atoms with Crippen LogP contribution in [-0.2, 0) is 22.9 Å². The van der Waals surface area contributed by atoms with Gasteiger partial charge in [0.25, 0.3) is 0 Å². The molecule has 2 aromatic carbocycles. The van der Waals surface area contributed by atoms with Crippen molar-refractivity contribution in [3.05, 3.63) is 59.7 Å². The van der Waals surface area contributed by atoms with Gasteiger partial charge in [-0.05, 0) is 40.5 Å². The minimum Gasteiger partial charge on any atom is -0.324 e. The van der Waals surface area contributed by atoms with E-state index in [4.69, 9.17) is 0 Å². The summed E-state index contributed by atoms with van der Waals surface area (Å²) in [5.74, 6) is -0.361. The number of hydrogen-bond acceptors (Lipinski definition) is 4. The van der Waals surface area contributed by atoms with E-state index >= 15 is 0 Å². The number of tetrazole rings is 1. The molecule has 0 fully saturated rings. The molecule has 0 spiro atoms. The summed E-state index contributed by atoms with van der Waals surface area (Å²) in [5, 5.41) is 14.2. The van der Waals surface area contributed by atoms with Crippen molar-refractivity contribution in [1.82, 2.24) is 20.2 Å². The average molecular weight is 403 g/mol. The van der Waals surface area contributed by atoms with Crippen LogP contribution in [0.2, 0.25) is 0 Å². The van der Waals surface area contributed by atoms with Gasteiger partial charge in [0, 0.05) is 11.3 Å². The van der Waals surface area contributed by atoms with Crippen molar-refractivity contribution in [3.8, 4) is 11.4 Å². The zero-order valence-corrected chi connectivity index (χ0v) is 16.2. The van der Waals surface area contributed by atoms with Crippen LogP contribution in [0.5, 0.6) is 0 Å². The molecule has 0 aliphatic carbocycles. The largest absolute Gasteiger partial charge is 0.416 e. The van der Waals surface area contributed by atoms with Gasteiger partial charge in [-0.2, -0.15) is 18.0 Å². The lowest BCUT2D eigenvalue weighted by Crippen LogP contribution is -2.20. The Morgan fingerprint density at radius 1 is 1.03 bits per heavy atom. The molecule has 3 rings (SSSR count). The van der Waals surface area contributed by atoms with Crippen LogP contribution in [0.4, 0.5) is 18.9 Å². The zero-order valence-electron chi connectivity index (χ0n) is 16.2. The first kappa shape index (κ1) is 20.5. The van der Waals surface area contributed by atoms with Crippen LogP contribution < -0.4 is 5.32 Å². The molecular weight excluding hydrogens is 383 g/mol. The number of halogens is 3. The molecule has 152 valence electrons. The van der Waals surface area contributed by atoms with Crippen molar-refractivity contribution in [2.75, 3.05) is 5.32 Å². The predicted octanol–water partition coefficient (Wildman–Crippen LogP) is 4.30. The first-order valence-corrected chi connectivity index (χ1v) is 8.88. The minimum atomic E-state index is -4.46. The zero-order chi connectivity index (χ0) is 21.2. The number of anilines is 1. The van der Waals surface area contributed by atoms with Crippen molar-refractivity contribution in [3.63, 3.8) is 0 Å². The molecule has 1 heterocycles. The van der Waals surface area contributed by atoms with E-state index in [1.807, 2.05) is 12.1 Å². The third-order valence-corrected chi connectivity index (χ3v) is 4.22. The van der Waals surface area contributed by atoms with E-state index in [0.29, 0.717) is 5.69 Å². The van der Waals surface area contributed by atoms with Gasteiger partial charge in [0.1, 0.15) is 6.54 Å². The number of carbonyl (C=O) groups is 1. The van der Waals surface area contributed by atoms with Crippen molar-refractivity contribution in [1.29, 1.82) is 0 Å². The molecule has 0 bridgehead atoms. The van der Waals surface area contributed by atoms with Gasteiger partial charge in [-0.3, -0.25) is 4.79 Å². The highest BCUT2D eigenvalue weighted by Crippen LogP contribution is 2.31. The lowest BCUT2D eigenvalue weighted by Gasteiger charge is -2.19. The maximum absolute atomic E-state index is 12.8. The number of hydrogen-bond donors (Lipinski definition) is 1. The van der Waals surface area contributed by atoms with Gasteiger partial charge in [-0.15, -0.1) is 10.2 Å². The van der Waals surface area contributed by atoms with Crippen LogP contribution in [0.1, 0.15) is 31.9 Å². The second kappa shape index (κ2) is 7.65. The molecule has 1 N–H and O–H groups in total. The second-order valence-electron chi connectivity index (χ2n) is 7.60. The molecule has 3 aromatic rings. The normalized spacial score (nSPS) is 12.1. The predicted molar refractivity (Wildman–Crippen MR) is 102 cm³/mol. The van der Waals surface area contributed by atoms with Gasteiger partial charge in [0.2, 0.25) is 11.7 Å². The van der Waals surface area contributed by atoms with Gasteiger partial charge >= 0.3 is 6.18 Å². The maximum atomic E-state index is 12.8. The quantitative estimate of drug-likeness (QED) is 0.705. The monoisotopic (exact) mass is 403 g/mol. The molecule has 1 amide bonds. The molecule has 9 heteroatoms. The lowest BCUT2D eigenvalue weighted by atomic mass is 9.87. The van der Waals surface area contributed by atoms with Gasteiger partial charge in [-0.1, -0.05) is 45.0 Å². The highest BCUT2D eigenvalue weighted by Gasteiger charge is 2.30. The molecule has 0 atom stereocenters. The Morgan fingerprint density at radius 3 is 2.34 bits per heavy atom. The summed E-state index contributed by atoms with van der Waals surface area (Å²) in [7, 11) is 0. The van der Waals surface area contributed by atoms with E-state index in [1.54, 1.807) is 12.1 Å². The highest BCUT2D eigenvalue weighted by molar-refractivity contribution is 5.90. The van der Waals surface area contributed by atoms with Crippen molar-refractivity contribution >= 4 is 11.6 Å². The number of alkyl halides is 3. The first-order chi connectivity index (χ1) is 13.5. The second-order valence-corrected chi connectivity index (χ2v) is 7.60. The summed E-state index contributed by atoms with van der Waals surface area (Å²) in [4.78, 5) is 13.2. The third kappa shape index (κ3) is 5.18. The van der Waals surface area contributed by atoms with Crippen LogP contribution >= 0.6 is 0 Å². The molecule has 0 aliphatic heterocycles. The maximum Gasteiger partial charge on any atom is 0.416 e. The Kier molecular flexibility index (Phi) is 5.41. The Morgan fingerprint density at radius 2 is 1.72 bits per heavy atom. The Hall–Kier alpha value is -3.23. The fourth-order valence-corrected chi connectivity index (χ4v) is 2.64. The highest BCUT2D eigenvalue weighted by atomic mass is 19.4. The molecule has 6 nitrogen and oxygen atoms in total. The number of nitrogens with one attached hydrogen (secondary N) is 1. The Labute approximate surface area is 165 Å². The van der Waals surface area contributed by atoms with Gasteiger partial charge in [0.15, 0.2) is 0 Å². The van der Waals surface area contributed by atoms with E-state index in [0.717, 1.165) is 22.5 Å². The van der Waals surface area contributed by atoms with Crippen LogP contribution in [0, 0.1) is 0 Å². The summed E-state index contributed by atoms with van der Waals surface area (Å²) in [6.45, 7) is 6.07. The lowest BCUT2D eigenvalue weighted by molar-refractivity contribution is -0.137. The molecule has 0 radical (unpaired) electrons. The summed E-state index contributed by atoms with van der Waals surface area (Å²) < 4.78 is 38.5. The van der Waals surface area contributed by atoms with Crippen LogP contribution in [0.3, 0.4) is 0 Å². The third-order valence-electron chi connectivity index (χ3n) is 4.22. The van der Waals surface area contributed by atoms with Gasteiger partial charge < -0.3 is 5.32 Å². The Bertz CT molecular complexity index is 1000.